The van der Waals surface area contributed by atoms with Crippen LogP contribution in [0.25, 0.3) is 0 Å². The third kappa shape index (κ3) is 1.93. The summed E-state index contributed by atoms with van der Waals surface area (Å²) in [6.45, 7) is -0.106. The first-order chi connectivity index (χ1) is 5.16. The SMILES string of the molecule is OCC1[Se]CC(O)[C@@H](O)[C@@H]1O. The fourth-order valence-electron chi connectivity index (χ4n) is 1.03. The quantitative estimate of drug-likeness (QED) is 0.390. The van der Waals surface area contributed by atoms with Gasteiger partial charge in [0.25, 0.3) is 0 Å². The van der Waals surface area contributed by atoms with Crippen molar-refractivity contribution in [2.75, 3.05) is 6.61 Å². The van der Waals surface area contributed by atoms with E-state index in [-0.39, 0.29) is 26.4 Å². The number of aliphatic hydroxyl groups excluding tert-OH is 4. The number of rotatable bonds is 1. The van der Waals surface area contributed by atoms with Gasteiger partial charge in [0.1, 0.15) is 0 Å². The van der Waals surface area contributed by atoms with Crippen molar-refractivity contribution in [2.24, 2.45) is 0 Å². The maximum atomic E-state index is 9.25. The molecule has 4 atom stereocenters. The molecule has 1 saturated heterocycles. The van der Waals surface area contributed by atoms with Gasteiger partial charge in [0.05, 0.1) is 0 Å². The van der Waals surface area contributed by atoms with E-state index < -0.39 is 18.3 Å². The van der Waals surface area contributed by atoms with Crippen molar-refractivity contribution in [3.8, 4) is 0 Å². The molecule has 1 rings (SSSR count). The van der Waals surface area contributed by atoms with Gasteiger partial charge in [0, 0.05) is 0 Å². The van der Waals surface area contributed by atoms with Crippen LogP contribution in [0.15, 0.2) is 0 Å². The Kier molecular flexibility index (Phi) is 3.30. The molecule has 0 radical (unpaired) electrons. The standard InChI is InChI=1S/C6H12O4Se/c7-1-4-6(10)5(9)3(8)2-11-4/h3-10H,1-2H2/t3?,4?,5-,6-/m1/s1. The summed E-state index contributed by atoms with van der Waals surface area (Å²) in [7, 11) is 0. The van der Waals surface area contributed by atoms with Crippen molar-refractivity contribution in [3.05, 3.63) is 0 Å². The maximum absolute atomic E-state index is 9.25. The minimum absolute atomic E-state index is 0.0345. The van der Waals surface area contributed by atoms with Crippen molar-refractivity contribution in [3.63, 3.8) is 0 Å². The van der Waals surface area contributed by atoms with Crippen molar-refractivity contribution >= 4 is 15.0 Å². The molecule has 0 saturated carbocycles. The van der Waals surface area contributed by atoms with E-state index in [1.54, 1.807) is 0 Å². The molecule has 11 heavy (non-hydrogen) atoms. The monoisotopic (exact) mass is 228 g/mol. The molecule has 0 spiro atoms. The van der Waals surface area contributed by atoms with E-state index in [0.717, 1.165) is 0 Å². The van der Waals surface area contributed by atoms with Gasteiger partial charge in [-0.3, -0.25) is 0 Å². The summed E-state index contributed by atoms with van der Waals surface area (Å²) in [4.78, 5) is -0.221. The Hall–Kier alpha value is 0.359. The zero-order valence-electron chi connectivity index (χ0n) is 5.92. The van der Waals surface area contributed by atoms with Gasteiger partial charge >= 0.3 is 70.4 Å². The van der Waals surface area contributed by atoms with Gasteiger partial charge in [-0.2, -0.15) is 0 Å². The van der Waals surface area contributed by atoms with Crippen LogP contribution in [-0.2, 0) is 0 Å². The average molecular weight is 227 g/mol. The zero-order valence-corrected chi connectivity index (χ0v) is 7.63. The predicted molar refractivity (Wildman–Crippen MR) is 39.4 cm³/mol. The first-order valence-corrected chi connectivity index (χ1v) is 5.63. The molecule has 1 aliphatic rings. The van der Waals surface area contributed by atoms with E-state index in [2.05, 4.69) is 0 Å². The molecule has 1 aliphatic heterocycles. The van der Waals surface area contributed by atoms with Crippen LogP contribution in [0.5, 0.6) is 0 Å². The van der Waals surface area contributed by atoms with E-state index in [9.17, 15) is 5.11 Å². The van der Waals surface area contributed by atoms with Gasteiger partial charge in [-0.1, -0.05) is 0 Å². The Balaban J connectivity index is 2.52. The van der Waals surface area contributed by atoms with E-state index in [1.165, 1.54) is 0 Å². The summed E-state index contributed by atoms with van der Waals surface area (Å²) in [5, 5.41) is 36.7. The van der Waals surface area contributed by atoms with Gasteiger partial charge < -0.3 is 0 Å². The van der Waals surface area contributed by atoms with Gasteiger partial charge in [0.2, 0.25) is 0 Å². The van der Waals surface area contributed by atoms with Crippen LogP contribution in [0.1, 0.15) is 0 Å². The molecule has 0 aliphatic carbocycles. The first-order valence-electron chi connectivity index (χ1n) is 3.43. The van der Waals surface area contributed by atoms with E-state index in [4.69, 9.17) is 15.3 Å². The van der Waals surface area contributed by atoms with Gasteiger partial charge in [-0.15, -0.1) is 0 Å². The van der Waals surface area contributed by atoms with Crippen LogP contribution in [0.2, 0.25) is 10.1 Å². The van der Waals surface area contributed by atoms with Crippen molar-refractivity contribution in [1.29, 1.82) is 0 Å². The second kappa shape index (κ2) is 3.85. The summed E-state index contributed by atoms with van der Waals surface area (Å²) < 4.78 is 0. The predicted octanol–water partition coefficient (Wildman–Crippen LogP) is -2.01. The number of aliphatic hydroxyl groups is 4. The van der Waals surface area contributed by atoms with Crippen LogP contribution in [-0.4, -0.2) is 60.3 Å². The fourth-order valence-corrected chi connectivity index (χ4v) is 3.35. The van der Waals surface area contributed by atoms with Crippen LogP contribution in [0, 0.1) is 0 Å². The molecule has 2 unspecified atom stereocenters. The molecular formula is C6H12O4Se. The molecule has 5 heteroatoms. The molecule has 0 aromatic rings. The molecule has 4 nitrogen and oxygen atoms in total. The third-order valence-corrected chi connectivity index (χ3v) is 4.70. The molecule has 0 aromatic heterocycles. The molecule has 4 N–H and O–H groups in total. The number of hydrogen-bond donors (Lipinski definition) is 4. The molecule has 66 valence electrons. The summed E-state index contributed by atoms with van der Waals surface area (Å²) >= 11 is 0.0345. The van der Waals surface area contributed by atoms with Gasteiger partial charge in [0.15, 0.2) is 0 Å². The molecule has 0 aromatic carbocycles. The Morgan fingerprint density at radius 3 is 2.36 bits per heavy atom. The van der Waals surface area contributed by atoms with E-state index in [0.29, 0.717) is 5.32 Å². The molecule has 1 fully saturated rings. The molecule has 0 amide bonds. The fraction of sp³-hybridized carbons (Fsp3) is 1.00. The number of hydrogen-bond acceptors (Lipinski definition) is 4. The van der Waals surface area contributed by atoms with Gasteiger partial charge in [-0.25, -0.2) is 0 Å². The molecule has 1 heterocycles. The second-order valence-electron chi connectivity index (χ2n) is 2.60. The average Bonchev–Trinajstić information content (AvgIpc) is 2.01. The third-order valence-electron chi connectivity index (χ3n) is 1.79. The Bertz CT molecular complexity index is 130. The summed E-state index contributed by atoms with van der Waals surface area (Å²) in [6, 6.07) is 0. The van der Waals surface area contributed by atoms with Crippen molar-refractivity contribution in [1.82, 2.24) is 0 Å². The van der Waals surface area contributed by atoms with E-state index in [1.807, 2.05) is 0 Å². The topological polar surface area (TPSA) is 80.9 Å². The Labute approximate surface area is 71.0 Å². The summed E-state index contributed by atoms with van der Waals surface area (Å²) in [5.41, 5.74) is 0. The normalized spacial score (nSPS) is 45.8. The van der Waals surface area contributed by atoms with Crippen LogP contribution in [0.4, 0.5) is 0 Å². The van der Waals surface area contributed by atoms with Gasteiger partial charge in [-0.05, 0) is 0 Å². The minimum atomic E-state index is -1.08. The van der Waals surface area contributed by atoms with Crippen molar-refractivity contribution in [2.45, 2.75) is 28.4 Å². The first kappa shape index (κ1) is 9.45. The second-order valence-corrected chi connectivity index (χ2v) is 5.27. The van der Waals surface area contributed by atoms with Crippen LogP contribution < -0.4 is 0 Å². The molecule has 0 bridgehead atoms. The van der Waals surface area contributed by atoms with Crippen LogP contribution in [0.3, 0.4) is 0 Å². The van der Waals surface area contributed by atoms with E-state index >= 15 is 0 Å². The Morgan fingerprint density at radius 1 is 1.18 bits per heavy atom. The Morgan fingerprint density at radius 2 is 1.82 bits per heavy atom. The summed E-state index contributed by atoms with van der Waals surface area (Å²) in [6.07, 6.45) is -2.85. The summed E-state index contributed by atoms with van der Waals surface area (Å²) in [5.74, 6) is 0. The van der Waals surface area contributed by atoms with Crippen molar-refractivity contribution < 1.29 is 20.4 Å². The van der Waals surface area contributed by atoms with Crippen LogP contribution >= 0.6 is 0 Å². The molecular weight excluding hydrogens is 215 g/mol. The zero-order chi connectivity index (χ0) is 8.43.